The first-order valence-electron chi connectivity index (χ1n) is 11.7. The summed E-state index contributed by atoms with van der Waals surface area (Å²) in [5.41, 5.74) is 4.73. The second kappa shape index (κ2) is 6.91. The maximum absolute atomic E-state index is 6.99. The van der Waals surface area contributed by atoms with Gasteiger partial charge in [-0.15, -0.1) is 11.3 Å². The van der Waals surface area contributed by atoms with Gasteiger partial charge >= 0.3 is 0 Å². The maximum Gasteiger partial charge on any atom is 0.147 e. The highest BCUT2D eigenvalue weighted by molar-refractivity contribution is 7.32. The molecule has 33 heavy (non-hydrogen) atoms. The lowest BCUT2D eigenvalue weighted by Crippen LogP contribution is -2.36. The summed E-state index contributed by atoms with van der Waals surface area (Å²) in [7, 11) is -1.63. The van der Waals surface area contributed by atoms with Gasteiger partial charge in [-0.05, 0) is 34.7 Å². The van der Waals surface area contributed by atoms with Gasteiger partial charge in [-0.3, -0.25) is 0 Å². The van der Waals surface area contributed by atoms with E-state index in [2.05, 4.69) is 95.0 Å². The third-order valence-electron chi connectivity index (χ3n) is 6.43. The minimum Gasteiger partial charge on any atom is -0.455 e. The zero-order valence-corrected chi connectivity index (χ0v) is 22.0. The molecule has 0 bridgehead atoms. The summed E-state index contributed by atoms with van der Waals surface area (Å²) in [6, 6.07) is 19.6. The van der Waals surface area contributed by atoms with Crippen molar-refractivity contribution in [2.75, 3.05) is 0 Å². The largest absolute Gasteiger partial charge is 0.455 e. The molecule has 0 N–H and O–H groups in total. The average molecular weight is 468 g/mol. The van der Waals surface area contributed by atoms with E-state index in [4.69, 9.17) is 9.72 Å². The number of nitrogens with zero attached hydrogens (tertiary/aromatic N) is 1. The van der Waals surface area contributed by atoms with Crippen molar-refractivity contribution in [3.63, 3.8) is 0 Å². The van der Waals surface area contributed by atoms with Crippen molar-refractivity contribution in [1.29, 1.82) is 0 Å². The Hall–Kier alpha value is -2.69. The lowest BCUT2D eigenvalue weighted by atomic mass is 9.83. The highest BCUT2D eigenvalue weighted by Crippen LogP contribution is 2.53. The van der Waals surface area contributed by atoms with E-state index in [1.165, 1.54) is 36.3 Å². The van der Waals surface area contributed by atoms with E-state index in [9.17, 15) is 0 Å². The van der Waals surface area contributed by atoms with Gasteiger partial charge in [-0.25, -0.2) is 4.98 Å². The standard InChI is InChI=1S/C29H29NOSSi/c1-29(2,3)16-21-18-12-8-7-11-17(18)15-20-24-23-26(31-25(20)21)28(33(4,5)6)32-27(23)19-13-9-10-14-22(19)30-24/h7-15H,16H2,1-6H3. The zero-order chi connectivity index (χ0) is 23.1. The van der Waals surface area contributed by atoms with Gasteiger partial charge in [-0.2, -0.15) is 0 Å². The average Bonchev–Trinajstić information content (AvgIpc) is 3.14. The second-order valence-electron chi connectivity index (χ2n) is 11.5. The third kappa shape index (κ3) is 3.23. The number of fused-ring (bicyclic) bond motifs is 5. The van der Waals surface area contributed by atoms with Crippen molar-refractivity contribution in [2.45, 2.75) is 46.8 Å². The van der Waals surface area contributed by atoms with Crippen LogP contribution in [0.2, 0.25) is 19.6 Å². The van der Waals surface area contributed by atoms with Crippen LogP contribution in [0.5, 0.6) is 11.5 Å². The normalized spacial score (nSPS) is 13.5. The number of pyridine rings is 1. The van der Waals surface area contributed by atoms with E-state index in [0.717, 1.165) is 34.7 Å². The topological polar surface area (TPSA) is 22.1 Å². The molecule has 0 spiro atoms. The SMILES string of the molecule is CC(C)(C)Cc1c2c(cc3ccccc13)-c1nc3ccccc3c3sc([Si](C)(C)C)c(c13)O2. The number of ether oxygens (including phenoxy) is 1. The molecule has 1 aliphatic rings. The first kappa shape index (κ1) is 20.9. The molecular formula is C29H29NOSSi. The number of aromatic nitrogens is 1. The van der Waals surface area contributed by atoms with Crippen LogP contribution >= 0.6 is 11.3 Å². The Kier molecular flexibility index (Phi) is 4.37. The van der Waals surface area contributed by atoms with Crippen molar-refractivity contribution in [1.82, 2.24) is 4.98 Å². The van der Waals surface area contributed by atoms with Gasteiger partial charge in [0.05, 0.1) is 24.7 Å². The molecule has 0 aliphatic carbocycles. The molecule has 6 rings (SSSR count). The smallest absolute Gasteiger partial charge is 0.147 e. The molecule has 5 aromatic rings. The molecule has 0 radical (unpaired) electrons. The van der Waals surface area contributed by atoms with Gasteiger partial charge in [0, 0.05) is 25.7 Å². The van der Waals surface area contributed by atoms with Crippen molar-refractivity contribution < 1.29 is 4.74 Å². The fourth-order valence-corrected chi connectivity index (χ4v) is 8.45. The number of para-hydroxylation sites is 1. The molecule has 166 valence electrons. The number of rotatable bonds is 2. The first-order chi connectivity index (χ1) is 15.6. The number of hydrogen-bond donors (Lipinski definition) is 0. The second-order valence-corrected chi connectivity index (χ2v) is 17.9. The zero-order valence-electron chi connectivity index (χ0n) is 20.2. The highest BCUT2D eigenvalue weighted by atomic mass is 32.1. The van der Waals surface area contributed by atoms with Crippen molar-refractivity contribution in [3.05, 3.63) is 60.2 Å². The molecule has 0 unspecified atom stereocenters. The molecule has 0 saturated carbocycles. The van der Waals surface area contributed by atoms with E-state index >= 15 is 0 Å². The summed E-state index contributed by atoms with van der Waals surface area (Å²) in [5, 5.41) is 4.98. The molecule has 2 aromatic heterocycles. The minimum absolute atomic E-state index is 0.143. The lowest BCUT2D eigenvalue weighted by molar-refractivity contribution is 0.400. The van der Waals surface area contributed by atoms with Crippen LogP contribution < -0.4 is 9.24 Å². The van der Waals surface area contributed by atoms with Crippen LogP contribution in [-0.4, -0.2) is 13.1 Å². The summed E-state index contributed by atoms with van der Waals surface area (Å²) in [5.74, 6) is 2.08. The molecule has 0 saturated heterocycles. The summed E-state index contributed by atoms with van der Waals surface area (Å²) in [4.78, 5) is 5.26. The number of benzene rings is 3. The Morgan fingerprint density at radius 2 is 1.61 bits per heavy atom. The lowest BCUT2D eigenvalue weighted by Gasteiger charge is -2.27. The van der Waals surface area contributed by atoms with Crippen LogP contribution in [0, 0.1) is 5.41 Å². The number of hydrogen-bond acceptors (Lipinski definition) is 3. The van der Waals surface area contributed by atoms with E-state index in [1.54, 1.807) is 0 Å². The molecule has 0 fully saturated rings. The summed E-state index contributed by atoms with van der Waals surface area (Å²) in [6.45, 7) is 14.2. The summed E-state index contributed by atoms with van der Waals surface area (Å²) < 4.78 is 9.73. The summed E-state index contributed by atoms with van der Waals surface area (Å²) >= 11 is 1.93. The van der Waals surface area contributed by atoms with Crippen LogP contribution in [0.25, 0.3) is 43.0 Å². The quantitative estimate of drug-likeness (QED) is 0.238. The molecule has 4 heteroatoms. The van der Waals surface area contributed by atoms with Gasteiger partial charge in [-0.1, -0.05) is 82.9 Å². The van der Waals surface area contributed by atoms with Gasteiger partial charge in [0.1, 0.15) is 11.5 Å². The van der Waals surface area contributed by atoms with E-state index in [0.29, 0.717) is 0 Å². The van der Waals surface area contributed by atoms with Crippen LogP contribution in [0.1, 0.15) is 26.3 Å². The fraction of sp³-hybridized carbons (Fsp3) is 0.276. The Labute approximate surface area is 200 Å². The molecule has 3 heterocycles. The van der Waals surface area contributed by atoms with E-state index < -0.39 is 8.07 Å². The van der Waals surface area contributed by atoms with Crippen LogP contribution in [0.3, 0.4) is 0 Å². The molecule has 0 atom stereocenters. The van der Waals surface area contributed by atoms with Crippen LogP contribution in [0.15, 0.2) is 54.6 Å². The van der Waals surface area contributed by atoms with Crippen molar-refractivity contribution >= 4 is 55.7 Å². The molecule has 1 aliphatic heterocycles. The van der Waals surface area contributed by atoms with E-state index in [1.807, 2.05) is 11.3 Å². The Morgan fingerprint density at radius 1 is 0.909 bits per heavy atom. The van der Waals surface area contributed by atoms with E-state index in [-0.39, 0.29) is 5.41 Å². The van der Waals surface area contributed by atoms with Crippen molar-refractivity contribution in [2.24, 2.45) is 5.41 Å². The summed E-state index contributed by atoms with van der Waals surface area (Å²) in [6.07, 6.45) is 0.954. The Balaban J connectivity index is 1.79. The number of thiophene rings is 1. The molecule has 2 nitrogen and oxygen atoms in total. The van der Waals surface area contributed by atoms with Gasteiger partial charge < -0.3 is 4.74 Å². The monoisotopic (exact) mass is 467 g/mol. The van der Waals surface area contributed by atoms with Crippen LogP contribution in [0.4, 0.5) is 0 Å². The molecular weight excluding hydrogens is 438 g/mol. The van der Waals surface area contributed by atoms with Gasteiger partial charge in [0.2, 0.25) is 0 Å². The third-order valence-corrected chi connectivity index (χ3v) is 11.2. The predicted octanol–water partition coefficient (Wildman–Crippen LogP) is 8.51. The fourth-order valence-electron chi connectivity index (χ4n) is 5.05. The Morgan fingerprint density at radius 3 is 2.33 bits per heavy atom. The minimum atomic E-state index is -1.63. The maximum atomic E-state index is 6.99. The molecule has 0 amide bonds. The first-order valence-corrected chi connectivity index (χ1v) is 16.0. The highest BCUT2D eigenvalue weighted by Gasteiger charge is 2.35. The molecule has 3 aromatic carbocycles. The predicted molar refractivity (Wildman–Crippen MR) is 146 cm³/mol. The van der Waals surface area contributed by atoms with Gasteiger partial charge in [0.15, 0.2) is 0 Å². The van der Waals surface area contributed by atoms with Crippen molar-refractivity contribution in [3.8, 4) is 22.8 Å². The van der Waals surface area contributed by atoms with Gasteiger partial charge in [0.25, 0.3) is 0 Å². The van der Waals surface area contributed by atoms with Crippen LogP contribution in [-0.2, 0) is 6.42 Å². The Bertz CT molecular complexity index is 1580.